The first kappa shape index (κ1) is 19.6. The fourth-order valence-electron chi connectivity index (χ4n) is 4.43. The molecule has 1 fully saturated rings. The predicted molar refractivity (Wildman–Crippen MR) is 120 cm³/mol. The number of likely N-dealkylation sites (tertiary alicyclic amines) is 1. The first-order chi connectivity index (χ1) is 15.2. The molecule has 7 heteroatoms. The van der Waals surface area contributed by atoms with Gasteiger partial charge in [-0.15, -0.1) is 0 Å². The molecule has 1 aromatic carbocycles. The third-order valence-electron chi connectivity index (χ3n) is 6.01. The van der Waals surface area contributed by atoms with E-state index < -0.39 is 0 Å². The Hall–Kier alpha value is -3.32. The number of benzene rings is 1. The highest BCUT2D eigenvalue weighted by Crippen LogP contribution is 2.30. The highest BCUT2D eigenvalue weighted by atomic mass is 19.1. The summed E-state index contributed by atoms with van der Waals surface area (Å²) in [5.41, 5.74) is 3.36. The molecule has 4 aromatic rings. The number of anilines is 2. The van der Waals surface area contributed by atoms with Gasteiger partial charge < -0.3 is 9.88 Å². The molecule has 0 saturated carbocycles. The zero-order valence-electron chi connectivity index (χ0n) is 17.5. The standard InChI is InChI=1S/C24H25FN6/c1-30-15-18(20-14-19(25)6-7-22(20)30)16-31-12-8-17(9-13-31)21-4-2-5-23(28-21)29-24-26-10-3-11-27-24/h2-7,10-11,14-15,17H,8-9,12-13,16H2,1H3,(H,26,27,28,29). The topological polar surface area (TPSA) is 58.9 Å². The van der Waals surface area contributed by atoms with Crippen LogP contribution in [0.15, 0.2) is 61.1 Å². The Labute approximate surface area is 180 Å². The number of halogens is 1. The van der Waals surface area contributed by atoms with Crippen molar-refractivity contribution in [1.82, 2.24) is 24.4 Å². The van der Waals surface area contributed by atoms with Crippen LogP contribution in [0.4, 0.5) is 16.2 Å². The third kappa shape index (κ3) is 4.27. The molecule has 0 radical (unpaired) electrons. The Morgan fingerprint density at radius 2 is 1.87 bits per heavy atom. The second-order valence-electron chi connectivity index (χ2n) is 8.12. The normalized spacial score (nSPS) is 15.4. The van der Waals surface area contributed by atoms with Crippen LogP contribution in [0.2, 0.25) is 0 Å². The fraction of sp³-hybridized carbons (Fsp3) is 0.292. The Kier molecular flexibility index (Phi) is 5.34. The number of pyridine rings is 1. The van der Waals surface area contributed by atoms with Crippen LogP contribution in [0.1, 0.15) is 30.0 Å². The van der Waals surface area contributed by atoms with E-state index >= 15 is 0 Å². The van der Waals surface area contributed by atoms with Crippen molar-refractivity contribution in [2.75, 3.05) is 18.4 Å². The van der Waals surface area contributed by atoms with Gasteiger partial charge in [-0.1, -0.05) is 6.07 Å². The van der Waals surface area contributed by atoms with E-state index in [2.05, 4.69) is 37.0 Å². The Morgan fingerprint density at radius 1 is 1.06 bits per heavy atom. The zero-order chi connectivity index (χ0) is 21.2. The van der Waals surface area contributed by atoms with Gasteiger partial charge in [-0.3, -0.25) is 4.90 Å². The van der Waals surface area contributed by atoms with Crippen molar-refractivity contribution in [2.45, 2.75) is 25.3 Å². The molecule has 0 spiro atoms. The number of aryl methyl sites for hydroxylation is 1. The Morgan fingerprint density at radius 3 is 2.68 bits per heavy atom. The van der Waals surface area contributed by atoms with Gasteiger partial charge in [-0.2, -0.15) is 0 Å². The molecule has 4 heterocycles. The molecule has 0 unspecified atom stereocenters. The molecule has 158 valence electrons. The van der Waals surface area contributed by atoms with Crippen LogP contribution >= 0.6 is 0 Å². The highest BCUT2D eigenvalue weighted by Gasteiger charge is 2.23. The molecule has 1 aliphatic rings. The lowest BCUT2D eigenvalue weighted by molar-refractivity contribution is 0.204. The van der Waals surface area contributed by atoms with E-state index in [4.69, 9.17) is 4.98 Å². The highest BCUT2D eigenvalue weighted by molar-refractivity contribution is 5.84. The average Bonchev–Trinajstić information content (AvgIpc) is 3.09. The Balaban J connectivity index is 1.24. The van der Waals surface area contributed by atoms with Crippen molar-refractivity contribution in [2.24, 2.45) is 7.05 Å². The molecule has 1 N–H and O–H groups in total. The van der Waals surface area contributed by atoms with Gasteiger partial charge in [0.2, 0.25) is 5.95 Å². The molecule has 1 aliphatic heterocycles. The monoisotopic (exact) mass is 416 g/mol. The molecule has 1 saturated heterocycles. The van der Waals surface area contributed by atoms with E-state index in [0.29, 0.717) is 11.9 Å². The lowest BCUT2D eigenvalue weighted by Crippen LogP contribution is -2.32. The average molecular weight is 417 g/mol. The van der Waals surface area contributed by atoms with Gasteiger partial charge in [-0.05, 0) is 67.9 Å². The summed E-state index contributed by atoms with van der Waals surface area (Å²) in [5.74, 6) is 1.57. The SMILES string of the molecule is Cn1cc(CN2CCC(c3cccc(Nc4ncccn4)n3)CC2)c2cc(F)ccc21. The summed E-state index contributed by atoms with van der Waals surface area (Å²) in [5, 5.41) is 4.18. The van der Waals surface area contributed by atoms with E-state index in [1.54, 1.807) is 24.5 Å². The minimum atomic E-state index is -0.181. The first-order valence-corrected chi connectivity index (χ1v) is 10.6. The van der Waals surface area contributed by atoms with Crippen molar-refractivity contribution in [3.05, 3.63) is 78.1 Å². The van der Waals surface area contributed by atoms with E-state index in [1.165, 1.54) is 11.6 Å². The van der Waals surface area contributed by atoms with Crippen molar-refractivity contribution in [1.29, 1.82) is 0 Å². The number of hydrogen-bond donors (Lipinski definition) is 1. The minimum Gasteiger partial charge on any atom is -0.350 e. The van der Waals surface area contributed by atoms with Crippen molar-refractivity contribution in [3.63, 3.8) is 0 Å². The van der Waals surface area contributed by atoms with Crippen LogP contribution in [-0.4, -0.2) is 37.5 Å². The van der Waals surface area contributed by atoms with Crippen molar-refractivity contribution < 1.29 is 4.39 Å². The van der Waals surface area contributed by atoms with Crippen molar-refractivity contribution in [3.8, 4) is 0 Å². The van der Waals surface area contributed by atoms with Crippen LogP contribution in [0.3, 0.4) is 0 Å². The van der Waals surface area contributed by atoms with E-state index in [0.717, 1.165) is 54.9 Å². The van der Waals surface area contributed by atoms with Crippen molar-refractivity contribution >= 4 is 22.7 Å². The molecule has 0 aliphatic carbocycles. The van der Waals surface area contributed by atoms with Gasteiger partial charge in [0.15, 0.2) is 0 Å². The number of nitrogens with zero attached hydrogens (tertiary/aromatic N) is 5. The number of aromatic nitrogens is 4. The first-order valence-electron chi connectivity index (χ1n) is 10.6. The van der Waals surface area contributed by atoms with Gasteiger partial charge in [0.05, 0.1) is 0 Å². The van der Waals surface area contributed by atoms with Crippen LogP contribution in [0.5, 0.6) is 0 Å². The van der Waals surface area contributed by atoms with Gasteiger partial charge in [-0.25, -0.2) is 19.3 Å². The number of nitrogens with one attached hydrogen (secondary N) is 1. The van der Waals surface area contributed by atoms with Crippen LogP contribution in [0, 0.1) is 5.82 Å². The second kappa shape index (κ2) is 8.43. The molecular weight excluding hydrogens is 391 g/mol. The summed E-state index contributed by atoms with van der Waals surface area (Å²) >= 11 is 0. The van der Waals surface area contributed by atoms with Crippen LogP contribution < -0.4 is 5.32 Å². The van der Waals surface area contributed by atoms with Gasteiger partial charge in [0.25, 0.3) is 0 Å². The van der Waals surface area contributed by atoms with Gasteiger partial charge >= 0.3 is 0 Å². The summed E-state index contributed by atoms with van der Waals surface area (Å²) in [6.07, 6.45) is 7.64. The number of rotatable bonds is 5. The molecule has 0 amide bonds. The van der Waals surface area contributed by atoms with Gasteiger partial charge in [0.1, 0.15) is 11.6 Å². The quantitative estimate of drug-likeness (QED) is 0.514. The lowest BCUT2D eigenvalue weighted by atomic mass is 9.92. The number of piperidine rings is 1. The lowest BCUT2D eigenvalue weighted by Gasteiger charge is -2.31. The molecule has 5 rings (SSSR count). The predicted octanol–water partition coefficient (Wildman–Crippen LogP) is 4.63. The smallest absolute Gasteiger partial charge is 0.228 e. The second-order valence-corrected chi connectivity index (χ2v) is 8.12. The summed E-state index contributed by atoms with van der Waals surface area (Å²) in [7, 11) is 2.02. The molecule has 0 atom stereocenters. The largest absolute Gasteiger partial charge is 0.350 e. The Bertz CT molecular complexity index is 1180. The molecular formula is C24H25FN6. The molecule has 0 bridgehead atoms. The van der Waals surface area contributed by atoms with E-state index in [9.17, 15) is 4.39 Å². The maximum atomic E-state index is 13.8. The van der Waals surface area contributed by atoms with E-state index in [1.807, 2.05) is 25.2 Å². The molecule has 31 heavy (non-hydrogen) atoms. The maximum Gasteiger partial charge on any atom is 0.228 e. The summed E-state index contributed by atoms with van der Waals surface area (Å²) in [6.45, 7) is 2.84. The van der Waals surface area contributed by atoms with Crippen LogP contribution in [0.25, 0.3) is 10.9 Å². The number of fused-ring (bicyclic) bond motifs is 1. The minimum absolute atomic E-state index is 0.181. The summed E-state index contributed by atoms with van der Waals surface area (Å²) in [4.78, 5) is 15.7. The molecule has 3 aromatic heterocycles. The van der Waals surface area contributed by atoms with Crippen LogP contribution in [-0.2, 0) is 13.6 Å². The fourth-order valence-corrected chi connectivity index (χ4v) is 4.43. The third-order valence-corrected chi connectivity index (χ3v) is 6.01. The zero-order valence-corrected chi connectivity index (χ0v) is 17.5. The number of hydrogen-bond acceptors (Lipinski definition) is 5. The maximum absolute atomic E-state index is 13.8. The summed E-state index contributed by atoms with van der Waals surface area (Å²) in [6, 6.07) is 12.9. The molecule has 6 nitrogen and oxygen atoms in total. The summed E-state index contributed by atoms with van der Waals surface area (Å²) < 4.78 is 15.8. The van der Waals surface area contributed by atoms with Gasteiger partial charge in [0, 0.05) is 54.7 Å². The van der Waals surface area contributed by atoms with E-state index in [-0.39, 0.29) is 5.82 Å².